The van der Waals surface area contributed by atoms with Crippen molar-refractivity contribution >= 4 is 22.6 Å². The molecule has 1 aliphatic rings. The minimum absolute atomic E-state index is 0.0467. The molecule has 7 nitrogen and oxygen atoms in total. The van der Waals surface area contributed by atoms with Gasteiger partial charge in [0.25, 0.3) is 5.56 Å². The second kappa shape index (κ2) is 8.08. The van der Waals surface area contributed by atoms with Gasteiger partial charge in [0.2, 0.25) is 5.91 Å². The zero-order valence-corrected chi connectivity index (χ0v) is 16.4. The number of fused-ring (bicyclic) bond motifs is 1. The van der Waals surface area contributed by atoms with E-state index < -0.39 is 0 Å². The van der Waals surface area contributed by atoms with E-state index in [1.54, 1.807) is 13.1 Å². The first-order valence-corrected chi connectivity index (χ1v) is 9.63. The van der Waals surface area contributed by atoms with Crippen LogP contribution in [0.4, 0.5) is 5.82 Å². The number of amides is 1. The minimum Gasteiger partial charge on any atom is -0.365 e. The highest BCUT2D eigenvalue weighted by Crippen LogP contribution is 2.23. The highest BCUT2D eigenvalue weighted by molar-refractivity contribution is 5.88. The zero-order chi connectivity index (χ0) is 19.6. The highest BCUT2D eigenvalue weighted by atomic mass is 16.2. The fraction of sp³-hybridized carbons (Fsp3) is 0.550. The van der Waals surface area contributed by atoms with Crippen LogP contribution in [0.5, 0.6) is 0 Å². The summed E-state index contributed by atoms with van der Waals surface area (Å²) in [4.78, 5) is 32.2. The molecule has 0 spiro atoms. The van der Waals surface area contributed by atoms with E-state index in [9.17, 15) is 9.59 Å². The molecule has 1 saturated heterocycles. The Balaban J connectivity index is 1.84. The molecule has 0 saturated carbocycles. The molecule has 1 fully saturated rings. The molecule has 0 bridgehead atoms. The molecule has 27 heavy (non-hydrogen) atoms. The molecule has 2 aromatic heterocycles. The van der Waals surface area contributed by atoms with Crippen LogP contribution in [0.15, 0.2) is 23.1 Å². The molecule has 4 N–H and O–H groups in total. The van der Waals surface area contributed by atoms with E-state index in [0.717, 1.165) is 18.4 Å². The molecular formula is C20H29N5O2. The number of nitrogens with zero attached hydrogens (tertiary/aromatic N) is 1. The van der Waals surface area contributed by atoms with Gasteiger partial charge < -0.3 is 20.9 Å². The van der Waals surface area contributed by atoms with Crippen molar-refractivity contribution in [2.24, 2.45) is 11.8 Å². The quantitative estimate of drug-likeness (QED) is 0.642. The van der Waals surface area contributed by atoms with Crippen molar-refractivity contribution in [3.05, 3.63) is 34.2 Å². The second-order valence-electron chi connectivity index (χ2n) is 7.80. The fourth-order valence-electron chi connectivity index (χ4n) is 3.33. The summed E-state index contributed by atoms with van der Waals surface area (Å²) in [5, 5.41) is 10.8. The van der Waals surface area contributed by atoms with Crippen molar-refractivity contribution in [3.8, 4) is 0 Å². The van der Waals surface area contributed by atoms with Crippen molar-refractivity contribution < 1.29 is 4.79 Å². The van der Waals surface area contributed by atoms with E-state index in [2.05, 4.69) is 39.8 Å². The number of piperidine rings is 1. The van der Waals surface area contributed by atoms with Crippen molar-refractivity contribution in [2.75, 3.05) is 18.4 Å². The molecular weight excluding hydrogens is 342 g/mol. The van der Waals surface area contributed by atoms with Gasteiger partial charge in [-0.05, 0) is 44.9 Å². The van der Waals surface area contributed by atoms with Gasteiger partial charge in [-0.3, -0.25) is 9.59 Å². The van der Waals surface area contributed by atoms with Gasteiger partial charge in [0, 0.05) is 35.8 Å². The average molecular weight is 371 g/mol. The first-order chi connectivity index (χ1) is 12.9. The molecule has 7 heteroatoms. The van der Waals surface area contributed by atoms with E-state index in [4.69, 9.17) is 0 Å². The molecule has 0 radical (unpaired) electrons. The van der Waals surface area contributed by atoms with Gasteiger partial charge in [-0.15, -0.1) is 0 Å². The van der Waals surface area contributed by atoms with Gasteiger partial charge in [0.1, 0.15) is 0 Å². The number of pyridine rings is 2. The Morgan fingerprint density at radius 2 is 2.11 bits per heavy atom. The summed E-state index contributed by atoms with van der Waals surface area (Å²) in [6.45, 7) is 9.46. The number of aryl methyl sites for hydroxylation is 1. The predicted molar refractivity (Wildman–Crippen MR) is 108 cm³/mol. The Bertz CT molecular complexity index is 876. The molecule has 3 atom stereocenters. The third-order valence-electron chi connectivity index (χ3n) is 5.46. The highest BCUT2D eigenvalue weighted by Gasteiger charge is 2.32. The van der Waals surface area contributed by atoms with E-state index in [1.807, 2.05) is 19.1 Å². The molecule has 0 unspecified atom stereocenters. The monoisotopic (exact) mass is 371 g/mol. The van der Waals surface area contributed by atoms with Gasteiger partial charge >= 0.3 is 0 Å². The number of rotatable bonds is 5. The summed E-state index contributed by atoms with van der Waals surface area (Å²) in [6.07, 6.45) is 2.53. The van der Waals surface area contributed by atoms with E-state index in [0.29, 0.717) is 29.4 Å². The van der Waals surface area contributed by atoms with E-state index in [-0.39, 0.29) is 29.5 Å². The Kier molecular flexibility index (Phi) is 5.79. The lowest BCUT2D eigenvalue weighted by Crippen LogP contribution is -2.53. The van der Waals surface area contributed by atoms with Crippen LogP contribution in [0, 0.1) is 18.8 Å². The maximum atomic E-state index is 12.8. The topological polar surface area (TPSA) is 98.9 Å². The van der Waals surface area contributed by atoms with Crippen LogP contribution in [-0.4, -0.2) is 41.0 Å². The maximum absolute atomic E-state index is 12.8. The average Bonchev–Trinajstić information content (AvgIpc) is 2.63. The molecule has 3 heterocycles. The van der Waals surface area contributed by atoms with Gasteiger partial charge in [0.05, 0.1) is 11.4 Å². The largest absolute Gasteiger partial charge is 0.365 e. The number of hydrogen-bond acceptors (Lipinski definition) is 5. The Morgan fingerprint density at radius 3 is 2.85 bits per heavy atom. The molecule has 0 aromatic carbocycles. The van der Waals surface area contributed by atoms with E-state index >= 15 is 0 Å². The van der Waals surface area contributed by atoms with Gasteiger partial charge in [0.15, 0.2) is 5.82 Å². The Labute approximate surface area is 159 Å². The molecule has 1 aliphatic heterocycles. The number of aromatic nitrogens is 2. The molecule has 1 amide bonds. The lowest BCUT2D eigenvalue weighted by molar-refractivity contribution is -0.126. The first kappa shape index (κ1) is 19.4. The summed E-state index contributed by atoms with van der Waals surface area (Å²) < 4.78 is 0. The van der Waals surface area contributed by atoms with Gasteiger partial charge in [-0.1, -0.05) is 13.8 Å². The van der Waals surface area contributed by atoms with Crippen LogP contribution in [-0.2, 0) is 4.79 Å². The van der Waals surface area contributed by atoms with Gasteiger partial charge in [-0.2, -0.15) is 0 Å². The van der Waals surface area contributed by atoms with Crippen molar-refractivity contribution in [3.63, 3.8) is 0 Å². The first-order valence-electron chi connectivity index (χ1n) is 9.63. The molecule has 146 valence electrons. The minimum atomic E-state index is -0.200. The standard InChI is InChI=1S/C20H29N5O2/c1-11(2)13(4)23-20(27)15-10-21-7-6-16(15)24-18-17-14(5-8-22-18)9-12(3)19(26)25-17/h5,8-9,11,13,15-16,21H,6-7,10H2,1-4H3,(H,22,24)(H,23,27)(H,25,26)/t13-,15-,16-/m1/s1. The second-order valence-corrected chi connectivity index (χ2v) is 7.80. The van der Waals surface area contributed by atoms with Gasteiger partial charge in [-0.25, -0.2) is 4.98 Å². The van der Waals surface area contributed by atoms with Crippen LogP contribution < -0.4 is 21.5 Å². The SMILES string of the molecule is Cc1cc2ccnc(N[C@@H]3CCNC[C@H]3C(=O)N[C@H](C)C(C)C)c2[nH]c1=O. The molecule has 3 rings (SSSR count). The number of anilines is 1. The summed E-state index contributed by atoms with van der Waals surface area (Å²) in [7, 11) is 0. The van der Waals surface area contributed by atoms with Crippen molar-refractivity contribution in [2.45, 2.75) is 46.2 Å². The third kappa shape index (κ3) is 4.30. The predicted octanol–water partition coefficient (Wildman–Crippen LogP) is 1.78. The fourth-order valence-corrected chi connectivity index (χ4v) is 3.33. The number of carbonyl (C=O) groups excluding carboxylic acids is 1. The maximum Gasteiger partial charge on any atom is 0.251 e. The summed E-state index contributed by atoms with van der Waals surface area (Å²) >= 11 is 0. The van der Waals surface area contributed by atoms with Crippen LogP contribution in [0.1, 0.15) is 32.8 Å². The summed E-state index contributed by atoms with van der Waals surface area (Å²) in [6, 6.07) is 3.81. The zero-order valence-electron chi connectivity index (χ0n) is 16.4. The summed E-state index contributed by atoms with van der Waals surface area (Å²) in [5.74, 6) is 0.843. The summed E-state index contributed by atoms with van der Waals surface area (Å²) in [5.41, 5.74) is 1.23. The van der Waals surface area contributed by atoms with Crippen LogP contribution in [0.25, 0.3) is 10.9 Å². The Hall–Kier alpha value is -2.41. The number of H-pyrrole nitrogens is 1. The third-order valence-corrected chi connectivity index (χ3v) is 5.46. The number of aromatic amines is 1. The smallest absolute Gasteiger partial charge is 0.251 e. The van der Waals surface area contributed by atoms with Crippen LogP contribution >= 0.6 is 0 Å². The lowest BCUT2D eigenvalue weighted by atomic mass is 9.91. The van der Waals surface area contributed by atoms with Crippen molar-refractivity contribution in [1.82, 2.24) is 20.6 Å². The normalized spacial score (nSPS) is 21.2. The Morgan fingerprint density at radius 1 is 1.33 bits per heavy atom. The van der Waals surface area contributed by atoms with Crippen LogP contribution in [0.3, 0.4) is 0 Å². The van der Waals surface area contributed by atoms with Crippen LogP contribution in [0.2, 0.25) is 0 Å². The number of carbonyl (C=O) groups is 1. The molecule has 2 aromatic rings. The van der Waals surface area contributed by atoms with Crippen molar-refractivity contribution in [1.29, 1.82) is 0 Å². The lowest BCUT2D eigenvalue weighted by Gasteiger charge is -2.33. The number of hydrogen-bond donors (Lipinski definition) is 4. The molecule has 0 aliphatic carbocycles. The van der Waals surface area contributed by atoms with E-state index in [1.165, 1.54) is 0 Å². The number of nitrogens with one attached hydrogen (secondary N) is 4.